The zero-order valence-corrected chi connectivity index (χ0v) is 11.7. The molecule has 4 atom stereocenters. The van der Waals surface area contributed by atoms with Crippen molar-refractivity contribution in [1.29, 1.82) is 0 Å². The Labute approximate surface area is 101 Å². The Bertz CT molecular complexity index is 199. The number of carbonyl (C=O) groups excluding carboxylic acids is 1. The van der Waals surface area contributed by atoms with Crippen LogP contribution in [0.5, 0.6) is 0 Å². The smallest absolute Gasteiger partial charge is 0.309 e. The van der Waals surface area contributed by atoms with Crippen LogP contribution in [-0.4, -0.2) is 12.1 Å². The van der Waals surface area contributed by atoms with E-state index < -0.39 is 0 Å². The summed E-state index contributed by atoms with van der Waals surface area (Å²) in [5.74, 6) is 1.84. The Morgan fingerprint density at radius 3 is 1.75 bits per heavy atom. The molecule has 0 aromatic rings. The monoisotopic (exact) mass is 228 g/mol. The molecule has 4 rings (SSSR count). The van der Waals surface area contributed by atoms with Gasteiger partial charge in [0.2, 0.25) is 0 Å². The highest BCUT2D eigenvalue weighted by Gasteiger charge is 2.55. The lowest BCUT2D eigenvalue weighted by molar-refractivity contribution is -0.169. The van der Waals surface area contributed by atoms with Gasteiger partial charge in [0, 0.05) is 0 Å². The van der Waals surface area contributed by atoms with Crippen LogP contribution in [0.25, 0.3) is 0 Å². The average Bonchev–Trinajstić information content (AvgIpc) is 2.94. The van der Waals surface area contributed by atoms with Crippen molar-refractivity contribution >= 4 is 5.97 Å². The summed E-state index contributed by atoms with van der Waals surface area (Å²) in [6.45, 7) is 12.0. The number of ether oxygens (including phenoxy) is 1. The molecule has 2 saturated carbocycles. The van der Waals surface area contributed by atoms with Gasteiger partial charge in [-0.3, -0.25) is 4.79 Å². The molecule has 2 aliphatic heterocycles. The van der Waals surface area contributed by atoms with Crippen molar-refractivity contribution in [3.63, 3.8) is 0 Å². The number of esters is 1. The van der Waals surface area contributed by atoms with Gasteiger partial charge in [-0.05, 0) is 31.1 Å². The van der Waals surface area contributed by atoms with E-state index in [4.69, 9.17) is 4.74 Å². The standard InChI is InChI=1S/C8H10O2.3C2H6/c9-8-6-2-5-1-4(6)3-7(5)10-8;3*1-2/h4-7H,1-3H2;3*1-2H3. The fourth-order valence-electron chi connectivity index (χ4n) is 2.89. The molecule has 0 N–H and O–H groups in total. The van der Waals surface area contributed by atoms with Gasteiger partial charge in [0.15, 0.2) is 0 Å². The van der Waals surface area contributed by atoms with Crippen LogP contribution in [0.3, 0.4) is 0 Å². The Hall–Kier alpha value is -0.530. The van der Waals surface area contributed by atoms with E-state index in [0.717, 1.165) is 12.3 Å². The Morgan fingerprint density at radius 2 is 1.44 bits per heavy atom. The van der Waals surface area contributed by atoms with Gasteiger partial charge in [0.05, 0.1) is 5.92 Å². The average molecular weight is 228 g/mol. The minimum absolute atomic E-state index is 0.0926. The fourth-order valence-corrected chi connectivity index (χ4v) is 2.89. The van der Waals surface area contributed by atoms with Crippen molar-refractivity contribution in [3.8, 4) is 0 Å². The maximum absolute atomic E-state index is 11.1. The third-order valence-electron chi connectivity index (χ3n) is 3.36. The highest BCUT2D eigenvalue weighted by atomic mass is 16.5. The molecule has 0 spiro atoms. The first kappa shape index (κ1) is 15.5. The van der Waals surface area contributed by atoms with Gasteiger partial charge in [-0.15, -0.1) is 0 Å². The lowest BCUT2D eigenvalue weighted by Gasteiger charge is -2.33. The number of carbonyl (C=O) groups is 1. The fraction of sp³-hybridized carbons (Fsp3) is 0.929. The Kier molecular flexibility index (Phi) is 7.44. The topological polar surface area (TPSA) is 26.3 Å². The van der Waals surface area contributed by atoms with Crippen LogP contribution in [0, 0.1) is 17.8 Å². The molecule has 0 aromatic carbocycles. The second-order valence-electron chi connectivity index (χ2n) is 3.81. The summed E-state index contributed by atoms with van der Waals surface area (Å²) < 4.78 is 5.20. The molecule has 16 heavy (non-hydrogen) atoms. The van der Waals surface area contributed by atoms with E-state index >= 15 is 0 Å². The molecule has 0 aromatic heterocycles. The van der Waals surface area contributed by atoms with Crippen LogP contribution in [0.15, 0.2) is 0 Å². The van der Waals surface area contributed by atoms with Gasteiger partial charge in [0.1, 0.15) is 6.10 Å². The van der Waals surface area contributed by atoms with Crippen LogP contribution in [0.1, 0.15) is 60.8 Å². The molecule has 4 unspecified atom stereocenters. The van der Waals surface area contributed by atoms with E-state index in [0.29, 0.717) is 17.9 Å². The molecule has 0 amide bonds. The quantitative estimate of drug-likeness (QED) is 0.585. The first-order valence-corrected chi connectivity index (χ1v) is 7.05. The lowest BCUT2D eigenvalue weighted by Crippen LogP contribution is -2.39. The molecule has 96 valence electrons. The SMILES string of the molecule is CC.CC.CC.O=C1OC2CC3CC2CC13. The summed E-state index contributed by atoms with van der Waals surface area (Å²) in [5, 5.41) is 0. The molecule has 4 fully saturated rings. The largest absolute Gasteiger partial charge is 0.462 e. The summed E-state index contributed by atoms with van der Waals surface area (Å²) in [7, 11) is 0. The molecule has 2 heterocycles. The van der Waals surface area contributed by atoms with Crippen molar-refractivity contribution in [2.75, 3.05) is 0 Å². The highest BCUT2D eigenvalue weighted by molar-refractivity contribution is 5.75. The van der Waals surface area contributed by atoms with Crippen LogP contribution in [0.4, 0.5) is 0 Å². The minimum atomic E-state index is 0.0926. The third kappa shape index (κ3) is 2.78. The molecule has 4 aliphatic rings. The van der Waals surface area contributed by atoms with Gasteiger partial charge < -0.3 is 4.74 Å². The molecule has 2 nitrogen and oxygen atoms in total. The summed E-state index contributed by atoms with van der Waals surface area (Å²) >= 11 is 0. The number of hydrogen-bond acceptors (Lipinski definition) is 2. The predicted octanol–water partition coefficient (Wildman–Crippen LogP) is 4.04. The van der Waals surface area contributed by atoms with Crippen molar-refractivity contribution in [3.05, 3.63) is 0 Å². The van der Waals surface area contributed by atoms with E-state index in [1.54, 1.807) is 0 Å². The predicted molar refractivity (Wildman–Crippen MR) is 68.2 cm³/mol. The van der Waals surface area contributed by atoms with Gasteiger partial charge in [-0.2, -0.15) is 0 Å². The van der Waals surface area contributed by atoms with Crippen molar-refractivity contribution in [1.82, 2.24) is 0 Å². The number of hydrogen-bond donors (Lipinski definition) is 0. The summed E-state index contributed by atoms with van der Waals surface area (Å²) in [4.78, 5) is 11.1. The van der Waals surface area contributed by atoms with Gasteiger partial charge in [-0.1, -0.05) is 41.5 Å². The first-order chi connectivity index (χ1) is 7.84. The van der Waals surface area contributed by atoms with Crippen LogP contribution in [0.2, 0.25) is 0 Å². The molecular weight excluding hydrogens is 200 g/mol. The molecule has 0 radical (unpaired) electrons. The normalized spacial score (nSPS) is 36.0. The zero-order valence-electron chi connectivity index (χ0n) is 11.7. The maximum Gasteiger partial charge on any atom is 0.309 e. The van der Waals surface area contributed by atoms with Crippen LogP contribution >= 0.6 is 0 Å². The summed E-state index contributed by atoms with van der Waals surface area (Å²) in [5.41, 5.74) is 0. The zero-order chi connectivity index (χ0) is 12.7. The minimum Gasteiger partial charge on any atom is -0.462 e. The van der Waals surface area contributed by atoms with E-state index in [1.807, 2.05) is 41.5 Å². The molecular formula is C14H28O2. The number of rotatable bonds is 0. The molecule has 2 aliphatic carbocycles. The van der Waals surface area contributed by atoms with Gasteiger partial charge in [-0.25, -0.2) is 0 Å². The number of fused-ring (bicyclic) bond motifs is 1. The van der Waals surface area contributed by atoms with Crippen LogP contribution < -0.4 is 0 Å². The van der Waals surface area contributed by atoms with Crippen LogP contribution in [-0.2, 0) is 9.53 Å². The van der Waals surface area contributed by atoms with Gasteiger partial charge >= 0.3 is 5.97 Å². The highest BCUT2D eigenvalue weighted by Crippen LogP contribution is 2.53. The Balaban J connectivity index is 0.000000332. The van der Waals surface area contributed by atoms with Crippen molar-refractivity contribution in [2.24, 2.45) is 17.8 Å². The van der Waals surface area contributed by atoms with E-state index in [-0.39, 0.29) is 5.97 Å². The van der Waals surface area contributed by atoms with Crippen molar-refractivity contribution in [2.45, 2.75) is 66.9 Å². The molecule has 2 saturated heterocycles. The first-order valence-electron chi connectivity index (χ1n) is 7.05. The van der Waals surface area contributed by atoms with Crippen molar-refractivity contribution < 1.29 is 9.53 Å². The molecule has 4 bridgehead atoms. The van der Waals surface area contributed by atoms with Gasteiger partial charge in [0.25, 0.3) is 0 Å². The summed E-state index contributed by atoms with van der Waals surface area (Å²) in [6.07, 6.45) is 3.89. The third-order valence-corrected chi connectivity index (χ3v) is 3.36. The second kappa shape index (κ2) is 7.70. The maximum atomic E-state index is 11.1. The molecule has 2 heteroatoms. The summed E-state index contributed by atoms with van der Waals surface area (Å²) in [6, 6.07) is 0. The van der Waals surface area contributed by atoms with E-state index in [2.05, 4.69) is 0 Å². The lowest BCUT2D eigenvalue weighted by atomic mass is 9.84. The Morgan fingerprint density at radius 1 is 0.875 bits per heavy atom. The van der Waals surface area contributed by atoms with E-state index in [9.17, 15) is 4.79 Å². The van der Waals surface area contributed by atoms with E-state index in [1.165, 1.54) is 12.8 Å². The second-order valence-corrected chi connectivity index (χ2v) is 3.81.